The van der Waals surface area contributed by atoms with Crippen molar-refractivity contribution in [3.8, 4) is 0 Å². The Morgan fingerprint density at radius 1 is 1.03 bits per heavy atom. The third-order valence-corrected chi connectivity index (χ3v) is 7.13. The number of hydrogen-bond donors (Lipinski definition) is 2. The molecule has 10 heteroatoms. The maximum Gasteiger partial charge on any atom is 0.251 e. The predicted molar refractivity (Wildman–Crippen MR) is 143 cm³/mol. The monoisotopic (exact) mass is 560 g/mol. The molecule has 2 N–H and O–H groups in total. The number of pyridine rings is 1. The number of ether oxygens (including phenoxy) is 4. The van der Waals surface area contributed by atoms with Crippen LogP contribution in [0.4, 0.5) is 0 Å². The summed E-state index contributed by atoms with van der Waals surface area (Å²) in [5.41, 5.74) is 0.265. The first-order chi connectivity index (χ1) is 17.7. The summed E-state index contributed by atoms with van der Waals surface area (Å²) in [6, 6.07) is 2.84. The molecule has 8 nitrogen and oxygen atoms in total. The van der Waals surface area contributed by atoms with Crippen LogP contribution in [0, 0.1) is 0 Å². The third-order valence-electron chi connectivity index (χ3n) is 6.74. The van der Waals surface area contributed by atoms with Gasteiger partial charge in [0.15, 0.2) is 5.79 Å². The van der Waals surface area contributed by atoms with Crippen LogP contribution in [0.3, 0.4) is 0 Å². The smallest absolute Gasteiger partial charge is 0.251 e. The molecule has 0 spiro atoms. The molecule has 1 aromatic rings. The Bertz CT molecular complexity index is 853. The lowest BCUT2D eigenvalue weighted by atomic mass is 10.1. The Kier molecular flexibility index (Phi) is 11.9. The zero-order chi connectivity index (χ0) is 26.9. The molecule has 3 rings (SSSR count). The SMILES string of the molecule is CCCCCCCCCCCCOC[C@@]12O[C@@H](CNC(=O)c3cc(Cl)nc(Cl)c3)[C@@H](O)[C@@H]1OC(C)(C)O2. The molecule has 0 aliphatic carbocycles. The summed E-state index contributed by atoms with van der Waals surface area (Å²) in [6.07, 6.45) is 10.1. The lowest BCUT2D eigenvalue weighted by Crippen LogP contribution is -2.45. The molecule has 3 heterocycles. The van der Waals surface area contributed by atoms with Crippen LogP contribution in [0.1, 0.15) is 95.3 Å². The Hall–Kier alpha value is -1.00. The zero-order valence-electron chi connectivity index (χ0n) is 22.3. The fourth-order valence-electron chi connectivity index (χ4n) is 4.94. The van der Waals surface area contributed by atoms with Crippen LogP contribution >= 0.6 is 23.2 Å². The van der Waals surface area contributed by atoms with Crippen molar-refractivity contribution >= 4 is 29.1 Å². The van der Waals surface area contributed by atoms with Crippen molar-refractivity contribution in [2.45, 2.75) is 115 Å². The van der Waals surface area contributed by atoms with E-state index in [1.807, 2.05) is 0 Å². The molecular weight excluding hydrogens is 519 g/mol. The first kappa shape index (κ1) is 30.5. The highest BCUT2D eigenvalue weighted by Gasteiger charge is 2.64. The molecule has 2 aliphatic rings. The fraction of sp³-hybridized carbons (Fsp3) is 0.778. The number of amides is 1. The van der Waals surface area contributed by atoms with Crippen molar-refractivity contribution in [3.05, 3.63) is 28.0 Å². The Balaban J connectivity index is 1.42. The maximum absolute atomic E-state index is 12.6. The van der Waals surface area contributed by atoms with Crippen molar-refractivity contribution in [2.24, 2.45) is 0 Å². The molecular formula is C27H42Cl2N2O6. The van der Waals surface area contributed by atoms with E-state index in [9.17, 15) is 9.90 Å². The van der Waals surface area contributed by atoms with E-state index in [1.165, 1.54) is 63.5 Å². The van der Waals surface area contributed by atoms with Crippen LogP contribution in [0.5, 0.6) is 0 Å². The quantitative estimate of drug-likeness (QED) is 0.198. The number of unbranched alkanes of at least 4 members (excludes halogenated alkanes) is 9. The van der Waals surface area contributed by atoms with Gasteiger partial charge >= 0.3 is 0 Å². The molecule has 210 valence electrons. The van der Waals surface area contributed by atoms with E-state index in [4.69, 9.17) is 42.1 Å². The molecule has 2 aliphatic heterocycles. The predicted octanol–water partition coefficient (Wildman–Crippen LogP) is 5.66. The van der Waals surface area contributed by atoms with Gasteiger partial charge in [0, 0.05) is 18.7 Å². The van der Waals surface area contributed by atoms with E-state index in [1.54, 1.807) is 13.8 Å². The van der Waals surface area contributed by atoms with Gasteiger partial charge in [-0.25, -0.2) is 4.98 Å². The Morgan fingerprint density at radius 2 is 1.62 bits per heavy atom. The van der Waals surface area contributed by atoms with Gasteiger partial charge in [-0.2, -0.15) is 0 Å². The van der Waals surface area contributed by atoms with E-state index in [-0.39, 0.29) is 29.0 Å². The Labute approximate surface area is 230 Å². The number of carbonyl (C=O) groups is 1. The minimum Gasteiger partial charge on any atom is -0.387 e. The average molecular weight is 562 g/mol. The average Bonchev–Trinajstić information content (AvgIpc) is 3.24. The van der Waals surface area contributed by atoms with E-state index in [0.29, 0.717) is 6.61 Å². The number of aliphatic hydroxyl groups excluding tert-OH is 1. The van der Waals surface area contributed by atoms with E-state index >= 15 is 0 Å². The van der Waals surface area contributed by atoms with Gasteiger partial charge in [-0.05, 0) is 32.4 Å². The highest BCUT2D eigenvalue weighted by Crippen LogP contribution is 2.45. The third kappa shape index (κ3) is 9.02. The van der Waals surface area contributed by atoms with Gasteiger partial charge < -0.3 is 29.4 Å². The second-order valence-electron chi connectivity index (χ2n) is 10.4. The van der Waals surface area contributed by atoms with Gasteiger partial charge in [0.25, 0.3) is 5.91 Å². The molecule has 0 bridgehead atoms. The van der Waals surface area contributed by atoms with E-state index < -0.39 is 35.8 Å². The van der Waals surface area contributed by atoms with Crippen molar-refractivity contribution in [2.75, 3.05) is 19.8 Å². The number of aromatic nitrogens is 1. The molecule has 2 saturated heterocycles. The van der Waals surface area contributed by atoms with Crippen molar-refractivity contribution in [1.82, 2.24) is 10.3 Å². The van der Waals surface area contributed by atoms with Gasteiger partial charge in [-0.15, -0.1) is 0 Å². The van der Waals surface area contributed by atoms with Crippen LogP contribution in [-0.2, 0) is 18.9 Å². The van der Waals surface area contributed by atoms with Crippen molar-refractivity contribution < 1.29 is 28.8 Å². The number of halogens is 2. The summed E-state index contributed by atoms with van der Waals surface area (Å²) in [6.45, 7) is 6.56. The summed E-state index contributed by atoms with van der Waals surface area (Å²) < 4.78 is 24.2. The number of carbonyl (C=O) groups excluding carboxylic acids is 1. The minimum atomic E-state index is -1.24. The summed E-state index contributed by atoms with van der Waals surface area (Å²) in [5.74, 6) is -2.57. The number of aliphatic hydroxyl groups is 1. The summed E-state index contributed by atoms with van der Waals surface area (Å²) in [4.78, 5) is 16.4. The highest BCUT2D eigenvalue weighted by atomic mass is 35.5. The van der Waals surface area contributed by atoms with Gasteiger partial charge in [0.05, 0.1) is 0 Å². The van der Waals surface area contributed by atoms with Crippen molar-refractivity contribution in [3.63, 3.8) is 0 Å². The number of hydrogen-bond acceptors (Lipinski definition) is 7. The zero-order valence-corrected chi connectivity index (χ0v) is 23.8. The molecule has 0 saturated carbocycles. The van der Waals surface area contributed by atoms with Crippen LogP contribution in [0.2, 0.25) is 10.3 Å². The molecule has 2 fully saturated rings. The van der Waals surface area contributed by atoms with Crippen LogP contribution < -0.4 is 5.32 Å². The maximum atomic E-state index is 12.6. The summed E-state index contributed by atoms with van der Waals surface area (Å²) >= 11 is 11.8. The van der Waals surface area contributed by atoms with Crippen molar-refractivity contribution in [1.29, 1.82) is 0 Å². The lowest BCUT2D eigenvalue weighted by Gasteiger charge is -2.28. The van der Waals surface area contributed by atoms with Crippen LogP contribution in [0.15, 0.2) is 12.1 Å². The Morgan fingerprint density at radius 3 is 2.24 bits per heavy atom. The molecule has 0 radical (unpaired) electrons. The summed E-state index contributed by atoms with van der Waals surface area (Å²) in [5, 5.41) is 13.9. The molecule has 0 aromatic carbocycles. The van der Waals surface area contributed by atoms with Crippen LogP contribution in [0.25, 0.3) is 0 Å². The number of fused-ring (bicyclic) bond motifs is 1. The first-order valence-corrected chi connectivity index (χ1v) is 14.3. The molecule has 1 amide bonds. The van der Waals surface area contributed by atoms with E-state index in [2.05, 4.69) is 17.2 Å². The molecule has 0 unspecified atom stereocenters. The molecule has 37 heavy (non-hydrogen) atoms. The van der Waals surface area contributed by atoms with Gasteiger partial charge in [0.1, 0.15) is 35.2 Å². The topological polar surface area (TPSA) is 99.1 Å². The van der Waals surface area contributed by atoms with Gasteiger partial charge in [0.2, 0.25) is 5.79 Å². The highest BCUT2D eigenvalue weighted by molar-refractivity contribution is 6.33. The van der Waals surface area contributed by atoms with Crippen LogP contribution in [-0.4, -0.2) is 65.6 Å². The number of nitrogens with one attached hydrogen (secondary N) is 1. The standard InChI is InChI=1S/C27H42Cl2N2O6/c1-4-5-6-7-8-9-10-11-12-13-14-34-18-27-24(36-26(2,3)37-27)23(32)20(35-27)17-30-25(33)19-15-21(28)31-22(29)16-19/h15-16,20,23-24,32H,4-14,17-18H2,1-3H3,(H,30,33)/t20-,23+,24-,27-/m0/s1. The van der Waals surface area contributed by atoms with Gasteiger partial charge in [-0.3, -0.25) is 4.79 Å². The first-order valence-electron chi connectivity index (χ1n) is 13.6. The van der Waals surface area contributed by atoms with E-state index in [0.717, 1.165) is 12.8 Å². The van der Waals surface area contributed by atoms with Gasteiger partial charge in [-0.1, -0.05) is 87.9 Å². The second kappa shape index (κ2) is 14.4. The number of nitrogens with zero attached hydrogens (tertiary/aromatic N) is 1. The minimum absolute atomic E-state index is 0.0431. The number of rotatable bonds is 16. The molecule has 4 atom stereocenters. The largest absolute Gasteiger partial charge is 0.387 e. The molecule has 1 aromatic heterocycles. The normalized spacial score (nSPS) is 26.4. The summed E-state index contributed by atoms with van der Waals surface area (Å²) in [7, 11) is 0. The fourth-order valence-corrected chi connectivity index (χ4v) is 5.40. The lowest BCUT2D eigenvalue weighted by molar-refractivity contribution is -0.277. The second-order valence-corrected chi connectivity index (χ2v) is 11.2.